The topological polar surface area (TPSA) is 32.8 Å². The smallest absolute Gasteiger partial charge is 0.248 e. The molecule has 2 saturated heterocycles. The third-order valence-corrected chi connectivity index (χ3v) is 4.42. The summed E-state index contributed by atoms with van der Waals surface area (Å²) in [5.41, 5.74) is 0.00279. The van der Waals surface area contributed by atoms with Crippen LogP contribution in [0.25, 0.3) is 0 Å². The molecule has 0 bridgehead atoms. The quantitative estimate of drug-likeness (QED) is 0.776. The van der Waals surface area contributed by atoms with Gasteiger partial charge in [0.15, 0.2) is 0 Å². The Morgan fingerprint density at radius 1 is 1.00 bits per heavy atom. The molecule has 4 heteroatoms. The largest absolute Gasteiger partial charge is 0.366 e. The van der Waals surface area contributed by atoms with Gasteiger partial charge in [-0.05, 0) is 53.4 Å². The van der Waals surface area contributed by atoms with Crippen molar-refractivity contribution in [2.75, 3.05) is 32.8 Å². The molecule has 0 aromatic carbocycles. The van der Waals surface area contributed by atoms with Gasteiger partial charge in [-0.15, -0.1) is 0 Å². The normalized spacial score (nSPS) is 28.0. The van der Waals surface area contributed by atoms with Crippen LogP contribution in [0.3, 0.4) is 0 Å². The number of nitrogens with zero attached hydrogens (tertiary/aromatic N) is 2. The van der Waals surface area contributed by atoms with Crippen molar-refractivity contribution in [1.29, 1.82) is 0 Å². The molecule has 2 unspecified atom stereocenters. The average molecular weight is 282 g/mol. The van der Waals surface area contributed by atoms with Crippen LogP contribution in [0.1, 0.15) is 41.5 Å². The van der Waals surface area contributed by atoms with Gasteiger partial charge in [-0.1, -0.05) is 0 Å². The van der Waals surface area contributed by atoms with Gasteiger partial charge in [-0.2, -0.15) is 0 Å². The zero-order chi connectivity index (χ0) is 15.1. The predicted molar refractivity (Wildman–Crippen MR) is 80.6 cm³/mol. The number of fused-ring (bicyclic) bond motifs is 1. The van der Waals surface area contributed by atoms with Crippen LogP contribution in [0.15, 0.2) is 0 Å². The Hall–Kier alpha value is -0.610. The molecule has 116 valence electrons. The highest BCUT2D eigenvalue weighted by Gasteiger charge is 2.44. The predicted octanol–water partition coefficient (Wildman–Crippen LogP) is 1.99. The van der Waals surface area contributed by atoms with Crippen molar-refractivity contribution in [1.82, 2.24) is 9.80 Å². The molecule has 0 aromatic heterocycles. The van der Waals surface area contributed by atoms with Crippen molar-refractivity contribution >= 4 is 5.91 Å². The van der Waals surface area contributed by atoms with E-state index in [1.54, 1.807) is 0 Å². The number of carbonyl (C=O) groups is 1. The summed E-state index contributed by atoms with van der Waals surface area (Å²) in [6.07, 6.45) is 0. The van der Waals surface area contributed by atoms with Gasteiger partial charge in [-0.3, -0.25) is 9.69 Å². The first-order valence-electron chi connectivity index (χ1n) is 7.73. The van der Waals surface area contributed by atoms with Crippen LogP contribution in [0.2, 0.25) is 0 Å². The second kappa shape index (κ2) is 5.30. The number of rotatable bonds is 2. The van der Waals surface area contributed by atoms with E-state index in [2.05, 4.69) is 25.7 Å². The molecule has 0 N–H and O–H groups in total. The summed E-state index contributed by atoms with van der Waals surface area (Å²) >= 11 is 0. The summed E-state index contributed by atoms with van der Waals surface area (Å²) in [7, 11) is 0. The Morgan fingerprint density at radius 3 is 1.90 bits per heavy atom. The van der Waals surface area contributed by atoms with E-state index in [1.165, 1.54) is 0 Å². The highest BCUT2D eigenvalue weighted by Crippen LogP contribution is 2.34. The molecule has 2 heterocycles. The number of amides is 1. The first kappa shape index (κ1) is 15.8. The Bertz CT molecular complexity index is 354. The van der Waals surface area contributed by atoms with Crippen molar-refractivity contribution in [2.24, 2.45) is 11.8 Å². The van der Waals surface area contributed by atoms with Crippen molar-refractivity contribution in [2.45, 2.75) is 52.7 Å². The molecular weight excluding hydrogens is 252 g/mol. The number of likely N-dealkylation sites (tertiary alicyclic amines) is 2. The van der Waals surface area contributed by atoms with Crippen LogP contribution in [0.5, 0.6) is 0 Å². The second-order valence-electron chi connectivity index (χ2n) is 8.30. The number of hydrogen-bond donors (Lipinski definition) is 0. The van der Waals surface area contributed by atoms with Gasteiger partial charge in [-0.25, -0.2) is 0 Å². The molecule has 2 aliphatic rings. The molecule has 1 amide bonds. The zero-order valence-corrected chi connectivity index (χ0v) is 13.9. The number of hydrogen-bond acceptors (Lipinski definition) is 3. The van der Waals surface area contributed by atoms with Gasteiger partial charge in [0.05, 0.1) is 5.60 Å². The lowest BCUT2D eigenvalue weighted by molar-refractivity contribution is -0.140. The average Bonchev–Trinajstić information content (AvgIpc) is 2.80. The Balaban J connectivity index is 1.83. The van der Waals surface area contributed by atoms with Gasteiger partial charge < -0.3 is 9.64 Å². The Labute approximate surface area is 123 Å². The van der Waals surface area contributed by atoms with E-state index >= 15 is 0 Å². The van der Waals surface area contributed by atoms with Crippen LogP contribution < -0.4 is 0 Å². The first-order valence-corrected chi connectivity index (χ1v) is 7.73. The van der Waals surface area contributed by atoms with E-state index in [9.17, 15) is 4.79 Å². The molecule has 0 spiro atoms. The third-order valence-electron chi connectivity index (χ3n) is 4.42. The van der Waals surface area contributed by atoms with Crippen LogP contribution >= 0.6 is 0 Å². The standard InChI is InChI=1S/C16H30N2O2/c1-15(2,3)18-9-12-7-17(8-13(12)10-18)14(19)11-20-16(4,5)6/h12-13H,7-11H2,1-6H3. The molecule has 4 nitrogen and oxygen atoms in total. The lowest BCUT2D eigenvalue weighted by Crippen LogP contribution is -2.43. The van der Waals surface area contributed by atoms with E-state index in [-0.39, 0.29) is 23.7 Å². The maximum absolute atomic E-state index is 12.2. The molecule has 0 aromatic rings. The maximum atomic E-state index is 12.2. The lowest BCUT2D eigenvalue weighted by atomic mass is 10.0. The summed E-state index contributed by atoms with van der Waals surface area (Å²) in [6, 6.07) is 0. The molecule has 0 aliphatic carbocycles. The third kappa shape index (κ3) is 3.73. The summed E-state index contributed by atoms with van der Waals surface area (Å²) < 4.78 is 5.60. The molecule has 0 saturated carbocycles. The van der Waals surface area contributed by atoms with Crippen molar-refractivity contribution in [3.8, 4) is 0 Å². The summed E-state index contributed by atoms with van der Waals surface area (Å²) in [5, 5.41) is 0. The fraction of sp³-hybridized carbons (Fsp3) is 0.938. The van der Waals surface area contributed by atoms with Crippen LogP contribution in [0, 0.1) is 11.8 Å². The van der Waals surface area contributed by atoms with Gasteiger partial charge in [0, 0.05) is 31.7 Å². The van der Waals surface area contributed by atoms with E-state index in [1.807, 2.05) is 25.7 Å². The number of ether oxygens (including phenoxy) is 1. The van der Waals surface area contributed by atoms with Crippen molar-refractivity contribution in [3.63, 3.8) is 0 Å². The zero-order valence-electron chi connectivity index (χ0n) is 13.9. The minimum Gasteiger partial charge on any atom is -0.366 e. The van der Waals surface area contributed by atoms with Gasteiger partial charge in [0.25, 0.3) is 0 Å². The fourth-order valence-electron chi connectivity index (χ4n) is 3.11. The lowest BCUT2D eigenvalue weighted by Gasteiger charge is -2.33. The van der Waals surface area contributed by atoms with Gasteiger partial charge >= 0.3 is 0 Å². The van der Waals surface area contributed by atoms with Gasteiger partial charge in [0.1, 0.15) is 6.61 Å². The summed E-state index contributed by atoms with van der Waals surface area (Å²) in [4.78, 5) is 16.7. The highest BCUT2D eigenvalue weighted by atomic mass is 16.5. The van der Waals surface area contributed by atoms with Crippen molar-refractivity contribution < 1.29 is 9.53 Å². The molecule has 2 atom stereocenters. The molecule has 2 rings (SSSR count). The Morgan fingerprint density at radius 2 is 1.50 bits per heavy atom. The molecule has 20 heavy (non-hydrogen) atoms. The monoisotopic (exact) mass is 282 g/mol. The first-order chi connectivity index (χ1) is 9.06. The molecule has 2 fully saturated rings. The van der Waals surface area contributed by atoms with Gasteiger partial charge in [0.2, 0.25) is 5.91 Å². The van der Waals surface area contributed by atoms with Crippen LogP contribution in [-0.2, 0) is 9.53 Å². The van der Waals surface area contributed by atoms with E-state index < -0.39 is 0 Å². The minimum absolute atomic E-state index is 0.150. The minimum atomic E-state index is -0.242. The fourth-order valence-corrected chi connectivity index (χ4v) is 3.11. The van der Waals surface area contributed by atoms with E-state index in [4.69, 9.17) is 4.74 Å². The Kier molecular flexibility index (Phi) is 4.18. The summed E-state index contributed by atoms with van der Waals surface area (Å²) in [5.74, 6) is 1.44. The molecular formula is C16H30N2O2. The SMILES string of the molecule is CC(C)(C)OCC(=O)N1CC2CN(C(C)(C)C)CC2C1. The van der Waals surface area contributed by atoms with E-state index in [0.29, 0.717) is 11.8 Å². The second-order valence-corrected chi connectivity index (χ2v) is 8.30. The highest BCUT2D eigenvalue weighted by molar-refractivity contribution is 5.77. The maximum Gasteiger partial charge on any atom is 0.248 e. The molecule has 0 radical (unpaired) electrons. The van der Waals surface area contributed by atoms with Crippen molar-refractivity contribution in [3.05, 3.63) is 0 Å². The van der Waals surface area contributed by atoms with Crippen LogP contribution in [-0.4, -0.2) is 59.6 Å². The number of carbonyl (C=O) groups excluding carboxylic acids is 1. The van der Waals surface area contributed by atoms with E-state index in [0.717, 1.165) is 26.2 Å². The summed E-state index contributed by atoms with van der Waals surface area (Å²) in [6.45, 7) is 17.0. The molecule has 2 aliphatic heterocycles. The van der Waals surface area contributed by atoms with Crippen LogP contribution in [0.4, 0.5) is 0 Å².